The molecule has 2 aromatic heterocycles. The number of aromatic nitrogens is 5. The van der Waals surface area contributed by atoms with Crippen LogP contribution in [0.5, 0.6) is 0 Å². The van der Waals surface area contributed by atoms with E-state index in [1.165, 1.54) is 4.68 Å². The van der Waals surface area contributed by atoms with Crippen LogP contribution in [0.1, 0.15) is 16.8 Å². The van der Waals surface area contributed by atoms with Crippen molar-refractivity contribution >= 4 is 29.2 Å². The van der Waals surface area contributed by atoms with Gasteiger partial charge in [-0.05, 0) is 53.6 Å². The van der Waals surface area contributed by atoms with E-state index in [1.807, 2.05) is 19.9 Å². The molecule has 0 amide bonds. The van der Waals surface area contributed by atoms with Crippen molar-refractivity contribution in [1.29, 1.82) is 0 Å². The maximum absolute atomic E-state index is 6.24. The number of halogens is 2. The Kier molecular flexibility index (Phi) is 4.45. The number of rotatable bonds is 4. The Labute approximate surface area is 143 Å². The van der Waals surface area contributed by atoms with Crippen LogP contribution < -0.4 is 5.32 Å². The predicted molar refractivity (Wildman–Crippen MR) is 90.2 cm³/mol. The van der Waals surface area contributed by atoms with Crippen molar-refractivity contribution in [2.45, 2.75) is 20.4 Å². The molecule has 0 bridgehead atoms. The van der Waals surface area contributed by atoms with Crippen LogP contribution >= 0.6 is 23.2 Å². The smallest absolute Gasteiger partial charge is 0.248 e. The highest BCUT2D eigenvalue weighted by Gasteiger charge is 2.13. The first-order valence-corrected chi connectivity index (χ1v) is 7.71. The van der Waals surface area contributed by atoms with Gasteiger partial charge in [0.05, 0.1) is 15.7 Å². The molecule has 0 aliphatic heterocycles. The highest BCUT2D eigenvalue weighted by molar-refractivity contribution is 6.43. The zero-order valence-corrected chi connectivity index (χ0v) is 14.1. The fourth-order valence-corrected chi connectivity index (χ4v) is 2.65. The minimum atomic E-state index is 0.401. The molecule has 118 valence electrons. The van der Waals surface area contributed by atoms with Gasteiger partial charge < -0.3 is 5.32 Å². The van der Waals surface area contributed by atoms with Crippen molar-refractivity contribution in [1.82, 2.24) is 25.2 Å². The van der Waals surface area contributed by atoms with Crippen LogP contribution in [0.3, 0.4) is 0 Å². The van der Waals surface area contributed by atoms with E-state index < -0.39 is 0 Å². The third-order valence-corrected chi connectivity index (χ3v) is 4.37. The SMILES string of the molecule is Cc1ccnc(C)c1CNc1nnnn1-c1cccc(Cl)c1Cl. The predicted octanol–water partition coefficient (Wildman–Crippen LogP) is 3.59. The van der Waals surface area contributed by atoms with E-state index in [0.717, 1.165) is 16.8 Å². The quantitative estimate of drug-likeness (QED) is 0.780. The van der Waals surface area contributed by atoms with Crippen LogP contribution in [0.4, 0.5) is 5.95 Å². The average molecular weight is 349 g/mol. The Bertz CT molecular complexity index is 825. The number of nitrogens with zero attached hydrogens (tertiary/aromatic N) is 5. The minimum Gasteiger partial charge on any atom is -0.349 e. The first-order valence-electron chi connectivity index (χ1n) is 6.95. The van der Waals surface area contributed by atoms with Crippen LogP contribution in [-0.2, 0) is 6.54 Å². The van der Waals surface area contributed by atoms with E-state index in [0.29, 0.717) is 28.2 Å². The van der Waals surface area contributed by atoms with Gasteiger partial charge in [0.2, 0.25) is 5.95 Å². The van der Waals surface area contributed by atoms with E-state index in [2.05, 4.69) is 25.8 Å². The molecule has 0 radical (unpaired) electrons. The van der Waals surface area contributed by atoms with Crippen molar-refractivity contribution in [2.75, 3.05) is 5.32 Å². The Morgan fingerprint density at radius 1 is 1.17 bits per heavy atom. The number of aryl methyl sites for hydroxylation is 2. The summed E-state index contributed by atoms with van der Waals surface area (Å²) in [5.74, 6) is 0.483. The highest BCUT2D eigenvalue weighted by Crippen LogP contribution is 2.29. The molecule has 0 spiro atoms. The summed E-state index contributed by atoms with van der Waals surface area (Å²) in [5, 5.41) is 15.8. The van der Waals surface area contributed by atoms with Gasteiger partial charge in [0.1, 0.15) is 0 Å². The van der Waals surface area contributed by atoms with Gasteiger partial charge in [-0.1, -0.05) is 34.4 Å². The molecule has 0 aliphatic carbocycles. The Morgan fingerprint density at radius 2 is 2.00 bits per heavy atom. The van der Waals surface area contributed by atoms with Crippen molar-refractivity contribution in [3.8, 4) is 5.69 Å². The van der Waals surface area contributed by atoms with E-state index in [9.17, 15) is 0 Å². The number of pyridine rings is 1. The molecule has 2 heterocycles. The number of hydrogen-bond donors (Lipinski definition) is 1. The summed E-state index contributed by atoms with van der Waals surface area (Å²) >= 11 is 12.3. The van der Waals surface area contributed by atoms with Gasteiger partial charge in [-0.3, -0.25) is 4.98 Å². The lowest BCUT2D eigenvalue weighted by molar-refractivity contribution is 0.789. The van der Waals surface area contributed by atoms with Crippen molar-refractivity contribution in [2.24, 2.45) is 0 Å². The summed E-state index contributed by atoms with van der Waals surface area (Å²) in [6.45, 7) is 4.58. The van der Waals surface area contributed by atoms with E-state index in [1.54, 1.807) is 24.4 Å². The van der Waals surface area contributed by atoms with Crippen molar-refractivity contribution in [3.05, 3.63) is 57.3 Å². The molecule has 0 saturated heterocycles. The lowest BCUT2D eigenvalue weighted by Gasteiger charge is -2.11. The van der Waals surface area contributed by atoms with Gasteiger partial charge in [0, 0.05) is 18.4 Å². The molecular weight excluding hydrogens is 335 g/mol. The van der Waals surface area contributed by atoms with Gasteiger partial charge >= 0.3 is 0 Å². The summed E-state index contributed by atoms with van der Waals surface area (Å²) in [5.41, 5.74) is 3.85. The second-order valence-corrected chi connectivity index (χ2v) is 5.82. The summed E-state index contributed by atoms with van der Waals surface area (Å²) in [4.78, 5) is 4.31. The second kappa shape index (κ2) is 6.52. The zero-order valence-electron chi connectivity index (χ0n) is 12.6. The van der Waals surface area contributed by atoms with E-state index >= 15 is 0 Å². The number of benzene rings is 1. The van der Waals surface area contributed by atoms with Crippen molar-refractivity contribution in [3.63, 3.8) is 0 Å². The van der Waals surface area contributed by atoms with Crippen LogP contribution in [0.25, 0.3) is 5.69 Å². The molecule has 0 saturated carbocycles. The standard InChI is InChI=1S/C15H14Cl2N6/c1-9-6-7-18-10(2)11(9)8-19-15-20-21-22-23(15)13-5-3-4-12(16)14(13)17/h3-7H,8H2,1-2H3,(H,19,20,22). The molecule has 0 atom stereocenters. The molecule has 6 nitrogen and oxygen atoms in total. The first-order chi connectivity index (χ1) is 11.1. The summed E-state index contributed by atoms with van der Waals surface area (Å²) in [7, 11) is 0. The molecule has 0 unspecified atom stereocenters. The molecule has 3 aromatic rings. The summed E-state index contributed by atoms with van der Waals surface area (Å²) in [6, 6.07) is 7.29. The molecule has 23 heavy (non-hydrogen) atoms. The number of tetrazole rings is 1. The van der Waals surface area contributed by atoms with Crippen LogP contribution in [-0.4, -0.2) is 25.2 Å². The third kappa shape index (κ3) is 3.13. The summed E-state index contributed by atoms with van der Waals surface area (Å²) in [6.07, 6.45) is 1.80. The van der Waals surface area contributed by atoms with E-state index in [-0.39, 0.29) is 0 Å². The maximum Gasteiger partial charge on any atom is 0.248 e. The third-order valence-electron chi connectivity index (χ3n) is 3.56. The van der Waals surface area contributed by atoms with Gasteiger partial charge in [0.25, 0.3) is 0 Å². The topological polar surface area (TPSA) is 68.5 Å². The zero-order chi connectivity index (χ0) is 16.4. The fraction of sp³-hybridized carbons (Fsp3) is 0.200. The molecule has 1 aromatic carbocycles. The Morgan fingerprint density at radius 3 is 2.78 bits per heavy atom. The molecule has 8 heteroatoms. The Balaban J connectivity index is 1.89. The molecule has 1 N–H and O–H groups in total. The van der Waals surface area contributed by atoms with Gasteiger partial charge in [0.15, 0.2) is 0 Å². The molecule has 3 rings (SSSR count). The van der Waals surface area contributed by atoms with Crippen LogP contribution in [0.2, 0.25) is 10.0 Å². The lowest BCUT2D eigenvalue weighted by Crippen LogP contribution is -2.10. The molecule has 0 fully saturated rings. The normalized spacial score (nSPS) is 10.8. The summed E-state index contributed by atoms with van der Waals surface area (Å²) < 4.78 is 1.52. The molecular formula is C15H14Cl2N6. The first kappa shape index (κ1) is 15.7. The number of hydrogen-bond acceptors (Lipinski definition) is 5. The van der Waals surface area contributed by atoms with Crippen molar-refractivity contribution < 1.29 is 0 Å². The maximum atomic E-state index is 6.24. The highest BCUT2D eigenvalue weighted by atomic mass is 35.5. The van der Waals surface area contributed by atoms with Crippen LogP contribution in [0.15, 0.2) is 30.5 Å². The lowest BCUT2D eigenvalue weighted by atomic mass is 10.1. The fourth-order valence-electron chi connectivity index (χ4n) is 2.28. The van der Waals surface area contributed by atoms with Gasteiger partial charge in [-0.25, -0.2) is 0 Å². The molecule has 0 aliphatic rings. The minimum absolute atomic E-state index is 0.401. The largest absolute Gasteiger partial charge is 0.349 e. The van der Waals surface area contributed by atoms with Crippen LogP contribution in [0, 0.1) is 13.8 Å². The number of nitrogens with one attached hydrogen (secondary N) is 1. The average Bonchev–Trinajstić information content (AvgIpc) is 2.98. The second-order valence-electron chi connectivity index (χ2n) is 5.03. The van der Waals surface area contributed by atoms with E-state index in [4.69, 9.17) is 23.2 Å². The number of anilines is 1. The van der Waals surface area contributed by atoms with Gasteiger partial charge in [-0.2, -0.15) is 4.68 Å². The van der Waals surface area contributed by atoms with Gasteiger partial charge in [-0.15, -0.1) is 0 Å². The Hall–Kier alpha value is -2.18. The monoisotopic (exact) mass is 348 g/mol.